The first-order valence-electron chi connectivity index (χ1n) is 8.88. The van der Waals surface area contributed by atoms with Gasteiger partial charge < -0.3 is 15.2 Å². The van der Waals surface area contributed by atoms with Gasteiger partial charge in [-0.3, -0.25) is 4.79 Å². The number of ether oxygens (including phenoxy) is 2. The highest BCUT2D eigenvalue weighted by Gasteiger charge is 2.33. The van der Waals surface area contributed by atoms with Crippen LogP contribution in [0.2, 0.25) is 0 Å². The van der Waals surface area contributed by atoms with Gasteiger partial charge in [-0.25, -0.2) is 0 Å². The molecule has 4 atom stereocenters. The second kappa shape index (κ2) is 9.51. The smallest absolute Gasteiger partial charge is 0.323 e. The Balaban J connectivity index is 2.81. The van der Waals surface area contributed by atoms with Crippen LogP contribution in [0.15, 0.2) is 0 Å². The molecule has 0 bridgehead atoms. The molecule has 0 amide bonds. The molecule has 0 saturated carbocycles. The summed E-state index contributed by atoms with van der Waals surface area (Å²) < 4.78 is 11.7. The minimum atomic E-state index is -0.489. The van der Waals surface area contributed by atoms with E-state index >= 15 is 0 Å². The van der Waals surface area contributed by atoms with Gasteiger partial charge in [0.1, 0.15) is 12.1 Å². The lowest BCUT2D eigenvalue weighted by molar-refractivity contribution is -0.161. The number of hydrogen-bond donors (Lipinski definition) is 1. The third-order valence-electron chi connectivity index (χ3n) is 4.36. The van der Waals surface area contributed by atoms with Crippen molar-refractivity contribution >= 4 is 5.97 Å². The monoisotopic (exact) mass is 313 g/mol. The minimum Gasteiger partial charge on any atom is -0.459 e. The maximum absolute atomic E-state index is 12.0. The van der Waals surface area contributed by atoms with Crippen molar-refractivity contribution in [2.45, 2.75) is 85.0 Å². The van der Waals surface area contributed by atoms with Gasteiger partial charge >= 0.3 is 5.97 Å². The summed E-state index contributed by atoms with van der Waals surface area (Å²) in [6.07, 6.45) is 4.79. The Bertz CT molecular complexity index is 330. The van der Waals surface area contributed by atoms with E-state index < -0.39 is 6.04 Å². The lowest BCUT2D eigenvalue weighted by atomic mass is 9.86. The zero-order chi connectivity index (χ0) is 16.7. The highest BCUT2D eigenvalue weighted by molar-refractivity contribution is 5.75. The van der Waals surface area contributed by atoms with Gasteiger partial charge in [0, 0.05) is 6.61 Å². The molecule has 0 unspecified atom stereocenters. The molecule has 1 saturated heterocycles. The summed E-state index contributed by atoms with van der Waals surface area (Å²) in [6, 6.07) is -0.489. The Morgan fingerprint density at radius 3 is 2.50 bits per heavy atom. The molecule has 0 aromatic carbocycles. The Hall–Kier alpha value is -0.610. The summed E-state index contributed by atoms with van der Waals surface area (Å²) >= 11 is 0. The van der Waals surface area contributed by atoms with E-state index in [1.54, 1.807) is 0 Å². The van der Waals surface area contributed by atoms with E-state index in [9.17, 15) is 4.79 Å². The number of cyclic esters (lactones) is 1. The fraction of sp³-hybridized carbons (Fsp3) is 0.944. The molecular weight excluding hydrogens is 278 g/mol. The summed E-state index contributed by atoms with van der Waals surface area (Å²) in [5.41, 5.74) is 5.90. The van der Waals surface area contributed by atoms with E-state index in [4.69, 9.17) is 15.2 Å². The van der Waals surface area contributed by atoms with Crippen molar-refractivity contribution in [3.05, 3.63) is 0 Å². The first kappa shape index (κ1) is 19.4. The summed E-state index contributed by atoms with van der Waals surface area (Å²) in [5.74, 6) is 1.31. The van der Waals surface area contributed by atoms with Crippen LogP contribution in [0.5, 0.6) is 0 Å². The molecule has 1 fully saturated rings. The second-order valence-electron chi connectivity index (χ2n) is 7.60. The summed E-state index contributed by atoms with van der Waals surface area (Å²) in [5, 5.41) is 0. The zero-order valence-electron chi connectivity index (χ0n) is 15.0. The Morgan fingerprint density at radius 1 is 1.23 bits per heavy atom. The number of carbonyl (C=O) groups is 1. The quantitative estimate of drug-likeness (QED) is 0.762. The highest BCUT2D eigenvalue weighted by Crippen LogP contribution is 2.29. The van der Waals surface area contributed by atoms with Crippen molar-refractivity contribution in [3.63, 3.8) is 0 Å². The number of carbonyl (C=O) groups excluding carboxylic acids is 1. The molecule has 1 aliphatic rings. The molecule has 22 heavy (non-hydrogen) atoms. The molecule has 0 spiro atoms. The third kappa shape index (κ3) is 6.66. The molecule has 1 heterocycles. The maximum atomic E-state index is 12.0. The third-order valence-corrected chi connectivity index (χ3v) is 4.36. The molecular formula is C18H35NO3. The van der Waals surface area contributed by atoms with Gasteiger partial charge in [-0.1, -0.05) is 40.5 Å². The lowest BCUT2D eigenvalue weighted by Gasteiger charge is -2.32. The van der Waals surface area contributed by atoms with E-state index in [-0.39, 0.29) is 18.2 Å². The minimum absolute atomic E-state index is 0.0181. The SMILES string of the molecule is CC(C)CC[C@H]1CCC[C@H](N)C(=O)O[C@@H](C)[C@@H]1OCC(C)C. The molecule has 1 rings (SSSR count). The maximum Gasteiger partial charge on any atom is 0.323 e. The summed E-state index contributed by atoms with van der Waals surface area (Å²) in [6.45, 7) is 11.4. The van der Waals surface area contributed by atoms with Crippen molar-refractivity contribution in [3.8, 4) is 0 Å². The molecule has 0 aromatic heterocycles. The van der Waals surface area contributed by atoms with E-state index in [2.05, 4.69) is 27.7 Å². The number of hydrogen-bond acceptors (Lipinski definition) is 4. The fourth-order valence-corrected chi connectivity index (χ4v) is 3.03. The van der Waals surface area contributed by atoms with E-state index in [1.807, 2.05) is 6.92 Å². The fourth-order valence-electron chi connectivity index (χ4n) is 3.03. The van der Waals surface area contributed by atoms with Gasteiger partial charge in [0.05, 0.1) is 6.10 Å². The van der Waals surface area contributed by atoms with Crippen LogP contribution in [0, 0.1) is 17.8 Å². The molecule has 1 aliphatic heterocycles. The van der Waals surface area contributed by atoms with Crippen molar-refractivity contribution in [1.82, 2.24) is 0 Å². The average Bonchev–Trinajstić information content (AvgIpc) is 2.46. The first-order valence-corrected chi connectivity index (χ1v) is 8.88. The van der Waals surface area contributed by atoms with Crippen molar-refractivity contribution in [2.24, 2.45) is 23.5 Å². The number of nitrogens with two attached hydrogens (primary N) is 1. The van der Waals surface area contributed by atoms with Crippen LogP contribution in [0.25, 0.3) is 0 Å². The predicted octanol–water partition coefficient (Wildman–Crippen LogP) is 3.52. The Kier molecular flexibility index (Phi) is 8.40. The molecule has 2 N–H and O–H groups in total. The first-order chi connectivity index (χ1) is 10.3. The van der Waals surface area contributed by atoms with Crippen LogP contribution in [0.3, 0.4) is 0 Å². The molecule has 0 aromatic rings. The van der Waals surface area contributed by atoms with Crippen molar-refractivity contribution < 1.29 is 14.3 Å². The molecule has 130 valence electrons. The number of esters is 1. The van der Waals surface area contributed by atoms with Crippen LogP contribution < -0.4 is 5.73 Å². The van der Waals surface area contributed by atoms with E-state index in [0.29, 0.717) is 30.8 Å². The predicted molar refractivity (Wildman–Crippen MR) is 89.5 cm³/mol. The van der Waals surface area contributed by atoms with Gasteiger partial charge in [0.15, 0.2) is 0 Å². The van der Waals surface area contributed by atoms with Gasteiger partial charge in [0.25, 0.3) is 0 Å². The van der Waals surface area contributed by atoms with Crippen LogP contribution in [-0.2, 0) is 14.3 Å². The van der Waals surface area contributed by atoms with Gasteiger partial charge in [-0.2, -0.15) is 0 Å². The Morgan fingerprint density at radius 2 is 1.91 bits per heavy atom. The Labute approximate surface area is 136 Å². The van der Waals surface area contributed by atoms with Crippen LogP contribution in [0.1, 0.15) is 66.7 Å². The van der Waals surface area contributed by atoms with Crippen LogP contribution in [0.4, 0.5) is 0 Å². The van der Waals surface area contributed by atoms with E-state index in [0.717, 1.165) is 19.3 Å². The van der Waals surface area contributed by atoms with Crippen molar-refractivity contribution in [2.75, 3.05) is 6.61 Å². The van der Waals surface area contributed by atoms with Crippen molar-refractivity contribution in [1.29, 1.82) is 0 Å². The van der Waals surface area contributed by atoms with Crippen LogP contribution in [-0.4, -0.2) is 30.8 Å². The van der Waals surface area contributed by atoms with Gasteiger partial charge in [0.2, 0.25) is 0 Å². The van der Waals surface area contributed by atoms with Gasteiger partial charge in [-0.05, 0) is 43.9 Å². The van der Waals surface area contributed by atoms with Gasteiger partial charge in [-0.15, -0.1) is 0 Å². The highest BCUT2D eigenvalue weighted by atomic mass is 16.6. The largest absolute Gasteiger partial charge is 0.459 e. The van der Waals surface area contributed by atoms with Crippen LogP contribution >= 0.6 is 0 Å². The summed E-state index contributed by atoms with van der Waals surface area (Å²) in [7, 11) is 0. The standard InChI is InChI=1S/C18H35NO3/c1-12(2)9-10-15-7-6-8-16(19)18(20)22-14(5)17(15)21-11-13(3)4/h12-17H,6-11,19H2,1-5H3/t14-,15+,16-,17-/m0/s1. The number of rotatable bonds is 6. The normalized spacial score (nSPS) is 30.8. The molecule has 0 aliphatic carbocycles. The average molecular weight is 313 g/mol. The second-order valence-corrected chi connectivity index (χ2v) is 7.60. The molecule has 4 heteroatoms. The molecule has 0 radical (unpaired) electrons. The molecule has 4 nitrogen and oxygen atoms in total. The lowest BCUT2D eigenvalue weighted by Crippen LogP contribution is -2.40. The summed E-state index contributed by atoms with van der Waals surface area (Å²) in [4.78, 5) is 12.0. The topological polar surface area (TPSA) is 61.6 Å². The van der Waals surface area contributed by atoms with E-state index in [1.165, 1.54) is 6.42 Å². The zero-order valence-corrected chi connectivity index (χ0v) is 15.0.